The second-order valence-corrected chi connectivity index (χ2v) is 7.17. The number of carbonyl (C=O) groups is 1. The van der Waals surface area contributed by atoms with Crippen molar-refractivity contribution in [3.63, 3.8) is 0 Å². The summed E-state index contributed by atoms with van der Waals surface area (Å²) in [7, 11) is 1.66. The van der Waals surface area contributed by atoms with Gasteiger partial charge in [0.15, 0.2) is 0 Å². The van der Waals surface area contributed by atoms with Crippen molar-refractivity contribution in [1.29, 1.82) is 0 Å². The zero-order chi connectivity index (χ0) is 17.2. The molecule has 0 bridgehead atoms. The average molecular weight is 332 g/mol. The molecule has 24 heavy (non-hydrogen) atoms. The zero-order valence-corrected chi connectivity index (χ0v) is 14.7. The van der Waals surface area contributed by atoms with Crippen LogP contribution in [-0.2, 0) is 4.79 Å². The molecular formula is C18H28N4O2. The number of amides is 1. The maximum Gasteiger partial charge on any atom is 0.227 e. The van der Waals surface area contributed by atoms with E-state index in [9.17, 15) is 4.79 Å². The molecule has 1 aromatic rings. The minimum atomic E-state index is -0.360. The van der Waals surface area contributed by atoms with Gasteiger partial charge in [-0.2, -0.15) is 0 Å². The number of rotatable bonds is 3. The highest BCUT2D eigenvalue weighted by Gasteiger charge is 2.40. The fraction of sp³-hybridized carbons (Fsp3) is 0.667. The largest absolute Gasteiger partial charge is 0.497 e. The van der Waals surface area contributed by atoms with Gasteiger partial charge in [0.2, 0.25) is 5.91 Å². The molecule has 2 atom stereocenters. The van der Waals surface area contributed by atoms with Crippen LogP contribution in [0.15, 0.2) is 18.3 Å². The van der Waals surface area contributed by atoms with Crippen LogP contribution in [0.3, 0.4) is 0 Å². The Bertz CT molecular complexity index is 582. The Kier molecular flexibility index (Phi) is 4.94. The first-order valence-electron chi connectivity index (χ1n) is 8.84. The molecule has 1 amide bonds. The van der Waals surface area contributed by atoms with Gasteiger partial charge < -0.3 is 20.3 Å². The smallest absolute Gasteiger partial charge is 0.227 e. The van der Waals surface area contributed by atoms with E-state index >= 15 is 0 Å². The van der Waals surface area contributed by atoms with Gasteiger partial charge in [-0.05, 0) is 25.8 Å². The van der Waals surface area contributed by atoms with Gasteiger partial charge in [-0.25, -0.2) is 4.98 Å². The topological polar surface area (TPSA) is 71.7 Å². The van der Waals surface area contributed by atoms with Crippen LogP contribution in [0.1, 0.15) is 32.6 Å². The van der Waals surface area contributed by atoms with E-state index in [1.165, 1.54) is 0 Å². The molecule has 3 rings (SSSR count). The summed E-state index contributed by atoms with van der Waals surface area (Å²) in [6.45, 7) is 5.07. The second-order valence-electron chi connectivity index (χ2n) is 7.17. The molecule has 2 heterocycles. The van der Waals surface area contributed by atoms with Crippen molar-refractivity contribution in [3.05, 3.63) is 18.3 Å². The Morgan fingerprint density at radius 1 is 1.33 bits per heavy atom. The third kappa shape index (κ3) is 3.48. The highest BCUT2D eigenvalue weighted by atomic mass is 16.5. The highest BCUT2D eigenvalue weighted by molar-refractivity contribution is 5.80. The predicted octanol–water partition coefficient (Wildman–Crippen LogP) is 1.65. The lowest BCUT2D eigenvalue weighted by molar-refractivity contribution is -0.139. The van der Waals surface area contributed by atoms with Gasteiger partial charge in [-0.1, -0.05) is 12.8 Å². The fourth-order valence-electron chi connectivity index (χ4n) is 3.84. The number of aromatic nitrogens is 1. The van der Waals surface area contributed by atoms with Crippen molar-refractivity contribution in [2.45, 2.75) is 38.1 Å². The molecule has 6 nitrogen and oxygen atoms in total. The highest BCUT2D eigenvalue weighted by Crippen LogP contribution is 2.33. The SMILES string of the molecule is COc1ccnc(N2CCN(C(=O)C3CCCCC3(C)N)CC2)c1. The van der Waals surface area contributed by atoms with Crippen LogP contribution in [0.25, 0.3) is 0 Å². The number of hydrogen-bond acceptors (Lipinski definition) is 5. The molecule has 0 radical (unpaired) electrons. The lowest BCUT2D eigenvalue weighted by Gasteiger charge is -2.42. The number of nitrogens with zero attached hydrogens (tertiary/aromatic N) is 3. The van der Waals surface area contributed by atoms with Crippen molar-refractivity contribution < 1.29 is 9.53 Å². The van der Waals surface area contributed by atoms with Crippen LogP contribution in [-0.4, -0.2) is 54.6 Å². The van der Waals surface area contributed by atoms with Crippen molar-refractivity contribution in [2.24, 2.45) is 11.7 Å². The molecule has 132 valence electrons. The minimum Gasteiger partial charge on any atom is -0.497 e. The van der Waals surface area contributed by atoms with Crippen LogP contribution < -0.4 is 15.4 Å². The standard InChI is InChI=1S/C18H28N4O2/c1-18(19)7-4-3-5-15(18)17(23)22-11-9-21(10-12-22)16-13-14(24-2)6-8-20-16/h6,8,13,15H,3-5,7,9-12,19H2,1-2H3. The fourth-order valence-corrected chi connectivity index (χ4v) is 3.84. The molecule has 1 aliphatic carbocycles. The number of piperazine rings is 1. The van der Waals surface area contributed by atoms with Gasteiger partial charge in [0.1, 0.15) is 11.6 Å². The molecule has 0 aromatic carbocycles. The lowest BCUT2D eigenvalue weighted by atomic mass is 9.74. The summed E-state index contributed by atoms with van der Waals surface area (Å²) in [4.78, 5) is 21.5. The van der Waals surface area contributed by atoms with Crippen LogP contribution in [0.2, 0.25) is 0 Å². The van der Waals surface area contributed by atoms with E-state index in [0.29, 0.717) is 0 Å². The molecule has 0 spiro atoms. The first-order valence-corrected chi connectivity index (χ1v) is 8.84. The number of pyridine rings is 1. The van der Waals surface area contributed by atoms with Gasteiger partial charge >= 0.3 is 0 Å². The summed E-state index contributed by atoms with van der Waals surface area (Å²) in [5.74, 6) is 1.91. The van der Waals surface area contributed by atoms with Gasteiger partial charge in [0.05, 0.1) is 13.0 Å². The zero-order valence-electron chi connectivity index (χ0n) is 14.7. The quantitative estimate of drug-likeness (QED) is 0.911. The molecule has 1 saturated carbocycles. The van der Waals surface area contributed by atoms with E-state index in [1.807, 2.05) is 24.0 Å². The van der Waals surface area contributed by atoms with E-state index in [0.717, 1.165) is 63.4 Å². The summed E-state index contributed by atoms with van der Waals surface area (Å²) in [6.07, 6.45) is 5.86. The molecule has 2 N–H and O–H groups in total. The summed E-state index contributed by atoms with van der Waals surface area (Å²) in [5.41, 5.74) is 6.04. The van der Waals surface area contributed by atoms with Crippen molar-refractivity contribution in [3.8, 4) is 5.75 Å². The van der Waals surface area contributed by atoms with Gasteiger partial charge in [-0.3, -0.25) is 4.79 Å². The molecule has 1 aromatic heterocycles. The number of hydrogen-bond donors (Lipinski definition) is 1. The van der Waals surface area contributed by atoms with Crippen LogP contribution in [0.4, 0.5) is 5.82 Å². The molecule has 6 heteroatoms. The number of nitrogens with two attached hydrogens (primary N) is 1. The molecule has 2 unspecified atom stereocenters. The normalized spacial score (nSPS) is 27.9. The predicted molar refractivity (Wildman–Crippen MR) is 94.1 cm³/mol. The second kappa shape index (κ2) is 6.97. The lowest BCUT2D eigenvalue weighted by Crippen LogP contribution is -2.57. The van der Waals surface area contributed by atoms with E-state index in [-0.39, 0.29) is 17.4 Å². The molecular weight excluding hydrogens is 304 g/mol. The maximum absolute atomic E-state index is 12.9. The van der Waals surface area contributed by atoms with Crippen molar-refractivity contribution in [1.82, 2.24) is 9.88 Å². The van der Waals surface area contributed by atoms with Crippen LogP contribution >= 0.6 is 0 Å². The Labute approximate surface area is 144 Å². The first kappa shape index (κ1) is 17.0. The van der Waals surface area contributed by atoms with Gasteiger partial charge in [0.25, 0.3) is 0 Å². The van der Waals surface area contributed by atoms with Crippen LogP contribution in [0, 0.1) is 5.92 Å². The summed E-state index contributed by atoms with van der Waals surface area (Å²) < 4.78 is 5.26. The number of anilines is 1. The maximum atomic E-state index is 12.9. The Balaban J connectivity index is 1.61. The van der Waals surface area contributed by atoms with E-state index < -0.39 is 0 Å². The third-order valence-electron chi connectivity index (χ3n) is 5.42. The Hall–Kier alpha value is -1.82. The van der Waals surface area contributed by atoms with Crippen LogP contribution in [0.5, 0.6) is 5.75 Å². The van der Waals surface area contributed by atoms with Crippen molar-refractivity contribution >= 4 is 11.7 Å². The van der Waals surface area contributed by atoms with Gasteiger partial charge in [-0.15, -0.1) is 0 Å². The monoisotopic (exact) mass is 332 g/mol. The first-order chi connectivity index (χ1) is 11.5. The minimum absolute atomic E-state index is 0.0345. The Morgan fingerprint density at radius 3 is 2.75 bits per heavy atom. The molecule has 1 aliphatic heterocycles. The van der Waals surface area contributed by atoms with E-state index in [4.69, 9.17) is 10.5 Å². The summed E-state index contributed by atoms with van der Waals surface area (Å²) >= 11 is 0. The summed E-state index contributed by atoms with van der Waals surface area (Å²) in [5, 5.41) is 0. The number of carbonyl (C=O) groups excluding carboxylic acids is 1. The third-order valence-corrected chi connectivity index (χ3v) is 5.42. The van der Waals surface area contributed by atoms with Crippen molar-refractivity contribution in [2.75, 3.05) is 38.2 Å². The number of methoxy groups -OCH3 is 1. The average Bonchev–Trinajstić information content (AvgIpc) is 2.61. The molecule has 1 saturated heterocycles. The molecule has 2 fully saturated rings. The molecule has 2 aliphatic rings. The van der Waals surface area contributed by atoms with E-state index in [2.05, 4.69) is 9.88 Å². The number of ether oxygens (including phenoxy) is 1. The van der Waals surface area contributed by atoms with Gasteiger partial charge in [0, 0.05) is 44.0 Å². The Morgan fingerprint density at radius 2 is 2.08 bits per heavy atom. The summed E-state index contributed by atoms with van der Waals surface area (Å²) in [6, 6.07) is 3.78. The van der Waals surface area contributed by atoms with E-state index in [1.54, 1.807) is 13.3 Å².